The molecular weight excluding hydrogens is 246 g/mol. The second-order valence-electron chi connectivity index (χ2n) is 3.34. The summed E-state index contributed by atoms with van der Waals surface area (Å²) in [5, 5.41) is -0.132. The summed E-state index contributed by atoms with van der Waals surface area (Å²) in [6, 6.07) is 4.84. The lowest BCUT2D eigenvalue weighted by molar-refractivity contribution is 0.577. The molecule has 0 radical (unpaired) electrons. The van der Waals surface area contributed by atoms with Gasteiger partial charge in [-0.25, -0.2) is 8.42 Å². The van der Waals surface area contributed by atoms with Crippen molar-refractivity contribution in [3.8, 4) is 0 Å². The maximum atomic E-state index is 11.7. The van der Waals surface area contributed by atoms with Crippen LogP contribution in [0.25, 0.3) is 0 Å². The fraction of sp³-hybridized carbons (Fsp3) is 0.222. The molecule has 0 fully saturated rings. The van der Waals surface area contributed by atoms with Crippen LogP contribution in [0, 0.1) is 13.8 Å². The highest BCUT2D eigenvalue weighted by atomic mass is 32.2. The molecule has 88 valence electrons. The highest BCUT2D eigenvalue weighted by molar-refractivity contribution is 7.89. The fourth-order valence-corrected chi connectivity index (χ4v) is 2.11. The van der Waals surface area contributed by atoms with Crippen molar-refractivity contribution < 1.29 is 8.42 Å². The van der Waals surface area contributed by atoms with E-state index in [2.05, 4.69) is 22.5 Å². The molecule has 0 spiro atoms. The molecule has 0 heterocycles. The second kappa shape index (κ2) is 4.77. The van der Waals surface area contributed by atoms with Crippen LogP contribution < -0.4 is 16.0 Å². The third-order valence-corrected chi connectivity index (χ3v) is 3.44. The minimum atomic E-state index is -3.62. The van der Waals surface area contributed by atoms with E-state index in [1.165, 1.54) is 6.07 Å². The standard InChI is InChI=1S/C9H13N3O2S2/c1-6-3-4-8(5-7(6)2)16(13,14)12-11-9(10)15/h3-5,12H,1-2H3,(H3,10,11,15). The fourth-order valence-electron chi connectivity index (χ4n) is 1.06. The van der Waals surface area contributed by atoms with Gasteiger partial charge in [-0.05, 0) is 49.3 Å². The minimum Gasteiger partial charge on any atom is -0.375 e. The molecule has 0 bridgehead atoms. The summed E-state index contributed by atoms with van der Waals surface area (Å²) in [5.41, 5.74) is 9.24. The van der Waals surface area contributed by atoms with Crippen molar-refractivity contribution >= 4 is 27.4 Å². The zero-order valence-corrected chi connectivity index (χ0v) is 10.6. The Bertz CT molecular complexity index is 511. The molecule has 5 nitrogen and oxygen atoms in total. The normalized spacial score (nSPS) is 11.1. The number of nitrogens with two attached hydrogens (primary N) is 1. The number of benzene rings is 1. The topological polar surface area (TPSA) is 84.2 Å². The van der Waals surface area contributed by atoms with E-state index in [4.69, 9.17) is 5.73 Å². The molecule has 0 saturated carbocycles. The van der Waals surface area contributed by atoms with Gasteiger partial charge in [0.05, 0.1) is 4.90 Å². The molecule has 0 saturated heterocycles. The largest absolute Gasteiger partial charge is 0.375 e. The molecule has 0 amide bonds. The predicted molar refractivity (Wildman–Crippen MR) is 66.2 cm³/mol. The van der Waals surface area contributed by atoms with Gasteiger partial charge in [-0.2, -0.15) is 0 Å². The van der Waals surface area contributed by atoms with Crippen molar-refractivity contribution in [1.29, 1.82) is 0 Å². The summed E-state index contributed by atoms with van der Waals surface area (Å²) in [4.78, 5) is 2.24. The number of hydrogen-bond donors (Lipinski definition) is 3. The molecule has 0 aromatic heterocycles. The zero-order chi connectivity index (χ0) is 12.3. The first-order chi connectivity index (χ1) is 7.33. The molecule has 0 aliphatic rings. The van der Waals surface area contributed by atoms with Crippen LogP contribution in [0.2, 0.25) is 0 Å². The summed E-state index contributed by atoms with van der Waals surface area (Å²) >= 11 is 4.50. The average molecular weight is 259 g/mol. The highest BCUT2D eigenvalue weighted by Gasteiger charge is 2.13. The number of sulfonamides is 1. The molecule has 16 heavy (non-hydrogen) atoms. The number of aryl methyl sites for hydroxylation is 2. The van der Waals surface area contributed by atoms with Crippen molar-refractivity contribution in [2.45, 2.75) is 18.7 Å². The Morgan fingerprint density at radius 1 is 1.31 bits per heavy atom. The Balaban J connectivity index is 2.99. The average Bonchev–Trinajstić information content (AvgIpc) is 2.19. The molecule has 1 rings (SSSR count). The van der Waals surface area contributed by atoms with Gasteiger partial charge in [0.15, 0.2) is 5.11 Å². The Morgan fingerprint density at radius 3 is 2.44 bits per heavy atom. The lowest BCUT2D eigenvalue weighted by Gasteiger charge is -2.09. The van der Waals surface area contributed by atoms with Crippen LogP contribution in [-0.4, -0.2) is 13.5 Å². The summed E-state index contributed by atoms with van der Waals surface area (Å²) in [6.45, 7) is 3.75. The first-order valence-corrected chi connectivity index (χ1v) is 6.36. The van der Waals surface area contributed by atoms with E-state index in [1.54, 1.807) is 12.1 Å². The minimum absolute atomic E-state index is 0.132. The van der Waals surface area contributed by atoms with Gasteiger partial charge in [-0.15, -0.1) is 4.83 Å². The maximum Gasteiger partial charge on any atom is 0.257 e. The van der Waals surface area contributed by atoms with Crippen LogP contribution in [0.15, 0.2) is 23.1 Å². The summed E-state index contributed by atoms with van der Waals surface area (Å²) in [7, 11) is -3.62. The molecule has 1 aromatic rings. The van der Waals surface area contributed by atoms with Gasteiger partial charge < -0.3 is 5.73 Å². The number of hydrazine groups is 1. The number of thiocarbonyl (C=S) groups is 1. The van der Waals surface area contributed by atoms with Crippen molar-refractivity contribution in [3.63, 3.8) is 0 Å². The quantitative estimate of drug-likeness (QED) is 0.538. The van der Waals surface area contributed by atoms with Crippen molar-refractivity contribution in [2.75, 3.05) is 0 Å². The summed E-state index contributed by atoms with van der Waals surface area (Å²) < 4.78 is 23.4. The lowest BCUT2D eigenvalue weighted by atomic mass is 10.1. The van der Waals surface area contributed by atoms with E-state index in [0.717, 1.165) is 11.1 Å². The Hall–Kier alpha value is -1.18. The molecule has 0 unspecified atom stereocenters. The van der Waals surface area contributed by atoms with Crippen LogP contribution in [-0.2, 0) is 10.0 Å². The third kappa shape index (κ3) is 3.16. The van der Waals surface area contributed by atoms with Crippen LogP contribution in [0.3, 0.4) is 0 Å². The van der Waals surface area contributed by atoms with E-state index in [1.807, 2.05) is 13.8 Å². The molecule has 0 aliphatic heterocycles. The number of hydrogen-bond acceptors (Lipinski definition) is 3. The van der Waals surface area contributed by atoms with Crippen molar-refractivity contribution in [3.05, 3.63) is 29.3 Å². The number of rotatable bonds is 3. The SMILES string of the molecule is Cc1ccc(S(=O)(=O)NNC(N)=S)cc1C. The molecule has 0 aliphatic carbocycles. The summed E-state index contributed by atoms with van der Waals surface area (Å²) in [5.74, 6) is 0. The van der Waals surface area contributed by atoms with Gasteiger partial charge in [-0.1, -0.05) is 6.07 Å². The van der Waals surface area contributed by atoms with Crippen LogP contribution in [0.5, 0.6) is 0 Å². The monoisotopic (exact) mass is 259 g/mol. The van der Waals surface area contributed by atoms with Gasteiger partial charge in [0.2, 0.25) is 0 Å². The Morgan fingerprint density at radius 2 is 1.94 bits per heavy atom. The Kier molecular flexibility index (Phi) is 3.84. The lowest BCUT2D eigenvalue weighted by Crippen LogP contribution is -2.44. The van der Waals surface area contributed by atoms with Crippen LogP contribution in [0.4, 0.5) is 0 Å². The van der Waals surface area contributed by atoms with E-state index in [9.17, 15) is 8.42 Å². The van der Waals surface area contributed by atoms with Crippen LogP contribution in [0.1, 0.15) is 11.1 Å². The molecule has 0 atom stereocenters. The highest BCUT2D eigenvalue weighted by Crippen LogP contribution is 2.13. The van der Waals surface area contributed by atoms with Gasteiger partial charge in [0, 0.05) is 0 Å². The predicted octanol–water partition coefficient (Wildman–Crippen LogP) is 0.330. The van der Waals surface area contributed by atoms with E-state index < -0.39 is 10.0 Å². The van der Waals surface area contributed by atoms with Gasteiger partial charge in [-0.3, -0.25) is 5.43 Å². The number of nitrogens with one attached hydrogen (secondary N) is 2. The smallest absolute Gasteiger partial charge is 0.257 e. The molecular formula is C9H13N3O2S2. The zero-order valence-electron chi connectivity index (χ0n) is 8.94. The van der Waals surface area contributed by atoms with Gasteiger partial charge >= 0.3 is 0 Å². The molecule has 4 N–H and O–H groups in total. The third-order valence-electron chi connectivity index (χ3n) is 2.10. The first-order valence-electron chi connectivity index (χ1n) is 4.47. The van der Waals surface area contributed by atoms with E-state index >= 15 is 0 Å². The van der Waals surface area contributed by atoms with Crippen molar-refractivity contribution in [1.82, 2.24) is 10.3 Å². The van der Waals surface area contributed by atoms with E-state index in [-0.39, 0.29) is 10.0 Å². The maximum absolute atomic E-state index is 11.7. The molecule has 1 aromatic carbocycles. The van der Waals surface area contributed by atoms with Gasteiger partial charge in [0.1, 0.15) is 0 Å². The molecule has 7 heteroatoms. The van der Waals surface area contributed by atoms with Crippen LogP contribution >= 0.6 is 12.2 Å². The summed E-state index contributed by atoms with van der Waals surface area (Å²) in [6.07, 6.45) is 0. The van der Waals surface area contributed by atoms with Gasteiger partial charge in [0.25, 0.3) is 10.0 Å². The Labute approximate surface area is 100 Å². The van der Waals surface area contributed by atoms with E-state index in [0.29, 0.717) is 0 Å². The second-order valence-corrected chi connectivity index (χ2v) is 5.46. The van der Waals surface area contributed by atoms with Crippen molar-refractivity contribution in [2.24, 2.45) is 5.73 Å². The first kappa shape index (κ1) is 12.9.